The number of carbonyl (C=O) groups is 4. The first-order valence-corrected chi connectivity index (χ1v) is 11.1. The van der Waals surface area contributed by atoms with E-state index in [0.29, 0.717) is 38.8 Å². The molecule has 3 amide bonds. The first-order valence-electron chi connectivity index (χ1n) is 11.1. The SMILES string of the molecule is C[C@@H](O)[C@H](CC(=O)[C@@H]1CCCN1C(=O)[C@H]1CCCN1C(=O)OCc1ccccc1)C(N)=O. The van der Waals surface area contributed by atoms with Gasteiger partial charge in [0.1, 0.15) is 12.6 Å². The molecule has 174 valence electrons. The van der Waals surface area contributed by atoms with Crippen molar-refractivity contribution in [3.8, 4) is 0 Å². The van der Waals surface area contributed by atoms with Crippen molar-refractivity contribution in [1.29, 1.82) is 0 Å². The predicted octanol–water partition coefficient (Wildman–Crippen LogP) is 1.22. The number of amides is 3. The van der Waals surface area contributed by atoms with Crippen molar-refractivity contribution in [3.63, 3.8) is 0 Å². The molecule has 1 aromatic carbocycles. The smallest absolute Gasteiger partial charge is 0.410 e. The first kappa shape index (κ1) is 23.7. The second kappa shape index (κ2) is 10.6. The number of likely N-dealkylation sites (tertiary alicyclic amines) is 2. The standard InChI is InChI=1S/C23H31N3O6/c1-15(27)17(21(24)29)13-20(28)18-9-5-11-25(18)22(30)19-10-6-12-26(19)23(31)32-14-16-7-3-2-4-8-16/h2-4,7-8,15,17-19,27H,5-6,9-14H2,1H3,(H2,24,29)/t15-,17+,18+,19-/m1/s1. The van der Waals surface area contributed by atoms with Crippen molar-refractivity contribution >= 4 is 23.7 Å². The van der Waals surface area contributed by atoms with Gasteiger partial charge in [0, 0.05) is 19.5 Å². The normalized spacial score (nSPS) is 22.4. The van der Waals surface area contributed by atoms with Gasteiger partial charge in [-0.15, -0.1) is 0 Å². The fourth-order valence-electron chi connectivity index (χ4n) is 4.46. The van der Waals surface area contributed by atoms with E-state index in [1.54, 1.807) is 0 Å². The highest BCUT2D eigenvalue weighted by molar-refractivity contribution is 5.94. The number of aliphatic hydroxyl groups is 1. The van der Waals surface area contributed by atoms with Crippen LogP contribution in [0.2, 0.25) is 0 Å². The van der Waals surface area contributed by atoms with Crippen LogP contribution in [0.25, 0.3) is 0 Å². The molecule has 0 radical (unpaired) electrons. The Balaban J connectivity index is 1.63. The van der Waals surface area contributed by atoms with Crippen LogP contribution in [0.3, 0.4) is 0 Å². The molecule has 32 heavy (non-hydrogen) atoms. The summed E-state index contributed by atoms with van der Waals surface area (Å²) in [5.74, 6) is -2.30. The number of nitrogens with zero attached hydrogens (tertiary/aromatic N) is 2. The van der Waals surface area contributed by atoms with E-state index in [0.717, 1.165) is 5.56 Å². The van der Waals surface area contributed by atoms with Crippen LogP contribution in [0.5, 0.6) is 0 Å². The minimum Gasteiger partial charge on any atom is -0.445 e. The van der Waals surface area contributed by atoms with Gasteiger partial charge in [0.2, 0.25) is 11.8 Å². The monoisotopic (exact) mass is 445 g/mol. The molecule has 3 rings (SSSR count). The van der Waals surface area contributed by atoms with Crippen LogP contribution in [-0.2, 0) is 25.7 Å². The molecular weight excluding hydrogens is 414 g/mol. The zero-order valence-electron chi connectivity index (χ0n) is 18.3. The molecular formula is C23H31N3O6. The third-order valence-corrected chi connectivity index (χ3v) is 6.25. The maximum Gasteiger partial charge on any atom is 0.410 e. The van der Waals surface area contributed by atoms with E-state index in [1.165, 1.54) is 16.7 Å². The Morgan fingerprint density at radius 2 is 1.69 bits per heavy atom. The van der Waals surface area contributed by atoms with Crippen molar-refractivity contribution in [2.24, 2.45) is 11.7 Å². The number of hydrogen-bond acceptors (Lipinski definition) is 6. The Morgan fingerprint density at radius 3 is 2.31 bits per heavy atom. The quantitative estimate of drug-likeness (QED) is 0.619. The number of rotatable bonds is 8. The first-order chi connectivity index (χ1) is 15.3. The highest BCUT2D eigenvalue weighted by Gasteiger charge is 2.43. The molecule has 9 heteroatoms. The average molecular weight is 446 g/mol. The zero-order valence-corrected chi connectivity index (χ0v) is 18.3. The molecule has 1 aromatic rings. The Morgan fingerprint density at radius 1 is 1.06 bits per heavy atom. The number of ether oxygens (including phenoxy) is 1. The van der Waals surface area contributed by atoms with Gasteiger partial charge in [0.15, 0.2) is 5.78 Å². The third-order valence-electron chi connectivity index (χ3n) is 6.25. The summed E-state index contributed by atoms with van der Waals surface area (Å²) in [4.78, 5) is 53.3. The average Bonchev–Trinajstić information content (AvgIpc) is 3.45. The van der Waals surface area contributed by atoms with Crippen molar-refractivity contribution < 1.29 is 29.0 Å². The summed E-state index contributed by atoms with van der Waals surface area (Å²) in [6.07, 6.45) is 0.518. The molecule has 0 aliphatic carbocycles. The molecule has 0 unspecified atom stereocenters. The van der Waals surface area contributed by atoms with Crippen molar-refractivity contribution in [2.75, 3.05) is 13.1 Å². The van der Waals surface area contributed by atoms with Gasteiger partial charge >= 0.3 is 6.09 Å². The van der Waals surface area contributed by atoms with Gasteiger partial charge in [-0.25, -0.2) is 4.79 Å². The number of carbonyl (C=O) groups excluding carboxylic acids is 4. The van der Waals surface area contributed by atoms with Gasteiger partial charge in [-0.1, -0.05) is 30.3 Å². The van der Waals surface area contributed by atoms with Crippen LogP contribution in [0.1, 0.15) is 44.6 Å². The lowest BCUT2D eigenvalue weighted by Crippen LogP contribution is -2.51. The Kier molecular flexibility index (Phi) is 7.84. The summed E-state index contributed by atoms with van der Waals surface area (Å²) in [5, 5.41) is 9.76. The largest absolute Gasteiger partial charge is 0.445 e. The van der Waals surface area contributed by atoms with E-state index < -0.39 is 36.1 Å². The minimum absolute atomic E-state index is 0.121. The highest BCUT2D eigenvalue weighted by atomic mass is 16.6. The molecule has 2 fully saturated rings. The lowest BCUT2D eigenvalue weighted by atomic mass is 9.92. The van der Waals surface area contributed by atoms with Crippen molar-refractivity contribution in [1.82, 2.24) is 9.80 Å². The number of primary amides is 1. The molecule has 4 atom stereocenters. The maximum atomic E-state index is 13.3. The van der Waals surface area contributed by atoms with E-state index in [1.807, 2.05) is 30.3 Å². The number of aliphatic hydroxyl groups excluding tert-OH is 1. The second-order valence-electron chi connectivity index (χ2n) is 8.50. The van der Waals surface area contributed by atoms with E-state index in [-0.39, 0.29) is 24.7 Å². The fraction of sp³-hybridized carbons (Fsp3) is 0.565. The van der Waals surface area contributed by atoms with Gasteiger partial charge in [-0.2, -0.15) is 0 Å². The van der Waals surface area contributed by atoms with Gasteiger partial charge in [-0.05, 0) is 38.2 Å². The van der Waals surface area contributed by atoms with Gasteiger partial charge < -0.3 is 20.5 Å². The van der Waals surface area contributed by atoms with Crippen LogP contribution >= 0.6 is 0 Å². The lowest BCUT2D eigenvalue weighted by Gasteiger charge is -2.31. The highest BCUT2D eigenvalue weighted by Crippen LogP contribution is 2.27. The Labute approximate surface area is 187 Å². The third kappa shape index (κ3) is 5.45. The predicted molar refractivity (Wildman–Crippen MR) is 115 cm³/mol. The van der Waals surface area contributed by atoms with Crippen LogP contribution in [-0.4, -0.2) is 69.9 Å². The molecule has 3 N–H and O–H groups in total. The summed E-state index contributed by atoms with van der Waals surface area (Å²) in [7, 11) is 0. The van der Waals surface area contributed by atoms with Gasteiger partial charge in [-0.3, -0.25) is 19.3 Å². The number of hydrogen-bond donors (Lipinski definition) is 2. The van der Waals surface area contributed by atoms with Crippen LogP contribution in [0, 0.1) is 5.92 Å². The number of Topliss-reactive ketones (excluding diaryl/α,β-unsaturated/α-hetero) is 1. The molecule has 2 saturated heterocycles. The van der Waals surface area contributed by atoms with Gasteiger partial charge in [0.05, 0.1) is 18.1 Å². The Hall–Kier alpha value is -2.94. The molecule has 0 bridgehead atoms. The molecule has 0 saturated carbocycles. The van der Waals surface area contributed by atoms with Crippen LogP contribution < -0.4 is 5.73 Å². The maximum absolute atomic E-state index is 13.3. The topological polar surface area (TPSA) is 130 Å². The summed E-state index contributed by atoms with van der Waals surface area (Å²) in [5.41, 5.74) is 6.17. The van der Waals surface area contributed by atoms with Crippen molar-refractivity contribution in [2.45, 2.75) is 63.8 Å². The molecule has 2 aliphatic heterocycles. The summed E-state index contributed by atoms with van der Waals surface area (Å²) in [6, 6.07) is 7.95. The van der Waals surface area contributed by atoms with Gasteiger partial charge in [0.25, 0.3) is 0 Å². The van der Waals surface area contributed by atoms with E-state index >= 15 is 0 Å². The van der Waals surface area contributed by atoms with Crippen LogP contribution in [0.15, 0.2) is 30.3 Å². The molecule has 0 spiro atoms. The van der Waals surface area contributed by atoms with E-state index in [4.69, 9.17) is 10.5 Å². The number of nitrogens with two attached hydrogens (primary N) is 1. The minimum atomic E-state index is -1.05. The van der Waals surface area contributed by atoms with E-state index in [2.05, 4.69) is 0 Å². The zero-order chi connectivity index (χ0) is 23.3. The number of benzene rings is 1. The summed E-state index contributed by atoms with van der Waals surface area (Å²) < 4.78 is 5.40. The molecule has 0 aromatic heterocycles. The number of ketones is 1. The summed E-state index contributed by atoms with van der Waals surface area (Å²) >= 11 is 0. The van der Waals surface area contributed by atoms with E-state index in [9.17, 15) is 24.3 Å². The van der Waals surface area contributed by atoms with Crippen molar-refractivity contribution in [3.05, 3.63) is 35.9 Å². The van der Waals surface area contributed by atoms with Crippen LogP contribution in [0.4, 0.5) is 4.79 Å². The molecule has 9 nitrogen and oxygen atoms in total. The lowest BCUT2D eigenvalue weighted by molar-refractivity contribution is -0.142. The molecule has 2 heterocycles. The fourth-order valence-corrected chi connectivity index (χ4v) is 4.46. The Bertz CT molecular complexity index is 843. The summed E-state index contributed by atoms with van der Waals surface area (Å²) in [6.45, 7) is 2.37. The second-order valence-corrected chi connectivity index (χ2v) is 8.50. The molecule has 2 aliphatic rings.